The van der Waals surface area contributed by atoms with Gasteiger partial charge >= 0.3 is 0 Å². The van der Waals surface area contributed by atoms with Crippen molar-refractivity contribution in [3.05, 3.63) is 96.5 Å². The van der Waals surface area contributed by atoms with E-state index in [9.17, 15) is 9.18 Å². The van der Waals surface area contributed by atoms with E-state index in [4.69, 9.17) is 4.74 Å². The number of carbonyl (C=O) groups is 1. The summed E-state index contributed by atoms with van der Waals surface area (Å²) in [4.78, 5) is 32.3. The lowest BCUT2D eigenvalue weighted by molar-refractivity contribution is 0.0705. The Morgan fingerprint density at radius 1 is 0.971 bits per heavy atom. The molecule has 4 aromatic rings. The van der Waals surface area contributed by atoms with E-state index in [1.54, 1.807) is 55.1 Å². The third-order valence-corrected chi connectivity index (χ3v) is 5.73. The quantitative estimate of drug-likeness (QED) is 0.426. The Hall–Kier alpha value is -4.40. The third-order valence-electron chi connectivity index (χ3n) is 5.73. The molecule has 1 fully saturated rings. The molecule has 176 valence electrons. The van der Waals surface area contributed by atoms with E-state index in [-0.39, 0.29) is 11.8 Å². The van der Waals surface area contributed by atoms with E-state index >= 15 is 0 Å². The molecule has 3 heterocycles. The van der Waals surface area contributed by atoms with Crippen LogP contribution in [-0.2, 0) is 0 Å². The number of aromatic nitrogens is 4. The molecule has 1 atom stereocenters. The molecular weight excluding hydrogens is 447 g/mol. The minimum Gasteiger partial charge on any atom is -0.437 e. The molecule has 0 bridgehead atoms. The Labute approximate surface area is 201 Å². The van der Waals surface area contributed by atoms with Crippen molar-refractivity contribution in [3.63, 3.8) is 0 Å². The molecule has 5 rings (SSSR count). The maximum Gasteiger partial charge on any atom is 0.253 e. The molecule has 2 aromatic heterocycles. The van der Waals surface area contributed by atoms with Gasteiger partial charge in [-0.25, -0.2) is 19.3 Å². The third kappa shape index (κ3) is 5.40. The highest BCUT2D eigenvalue weighted by Gasteiger charge is 2.29. The van der Waals surface area contributed by atoms with Crippen LogP contribution in [0.1, 0.15) is 34.8 Å². The molecule has 35 heavy (non-hydrogen) atoms. The number of hydrogen-bond acceptors (Lipinski definition) is 7. The van der Waals surface area contributed by atoms with Crippen LogP contribution in [0.15, 0.2) is 79.4 Å². The number of piperidine rings is 1. The molecule has 0 radical (unpaired) electrons. The van der Waals surface area contributed by atoms with Gasteiger partial charge in [0.2, 0.25) is 11.8 Å². The maximum atomic E-state index is 13.6. The number of nitrogens with zero attached hydrogens (tertiary/aromatic N) is 5. The Morgan fingerprint density at radius 3 is 2.66 bits per heavy atom. The van der Waals surface area contributed by atoms with Crippen LogP contribution in [0, 0.1) is 5.82 Å². The van der Waals surface area contributed by atoms with Crippen molar-refractivity contribution in [1.82, 2.24) is 24.8 Å². The number of anilines is 2. The SMILES string of the molecule is O=C(c1cccc(Nc2ncccn2)c1)N1CCCC(c2nccnc2Oc2cccc(F)c2)C1. The van der Waals surface area contributed by atoms with E-state index in [1.165, 1.54) is 12.1 Å². The number of nitrogens with one attached hydrogen (secondary N) is 1. The van der Waals surface area contributed by atoms with E-state index in [0.717, 1.165) is 18.5 Å². The van der Waals surface area contributed by atoms with Gasteiger partial charge in [0.1, 0.15) is 17.3 Å². The van der Waals surface area contributed by atoms with Crippen molar-refractivity contribution in [2.45, 2.75) is 18.8 Å². The summed E-state index contributed by atoms with van der Waals surface area (Å²) < 4.78 is 19.5. The van der Waals surface area contributed by atoms with Crippen LogP contribution >= 0.6 is 0 Å². The van der Waals surface area contributed by atoms with Gasteiger partial charge in [-0.3, -0.25) is 9.78 Å². The second-order valence-electron chi connectivity index (χ2n) is 8.17. The molecule has 1 aliphatic rings. The number of likely N-dealkylation sites (tertiary alicyclic amines) is 1. The molecule has 0 aliphatic carbocycles. The van der Waals surface area contributed by atoms with Crippen molar-refractivity contribution < 1.29 is 13.9 Å². The normalized spacial score (nSPS) is 15.5. The van der Waals surface area contributed by atoms with Gasteiger partial charge < -0.3 is 15.0 Å². The first kappa shape index (κ1) is 22.4. The molecule has 8 nitrogen and oxygen atoms in total. The Balaban J connectivity index is 1.32. The number of rotatable bonds is 6. The van der Waals surface area contributed by atoms with Crippen LogP contribution in [0.5, 0.6) is 11.6 Å². The first-order valence-corrected chi connectivity index (χ1v) is 11.3. The lowest BCUT2D eigenvalue weighted by Gasteiger charge is -2.33. The Morgan fingerprint density at radius 2 is 1.80 bits per heavy atom. The highest BCUT2D eigenvalue weighted by atomic mass is 19.1. The summed E-state index contributed by atoms with van der Waals surface area (Å²) in [6.07, 6.45) is 8.11. The second-order valence-corrected chi connectivity index (χ2v) is 8.17. The molecule has 0 saturated carbocycles. The van der Waals surface area contributed by atoms with E-state index in [2.05, 4.69) is 25.3 Å². The summed E-state index contributed by atoms with van der Waals surface area (Å²) in [5.41, 5.74) is 1.96. The zero-order valence-corrected chi connectivity index (χ0v) is 18.8. The zero-order chi connectivity index (χ0) is 24.0. The van der Waals surface area contributed by atoms with Gasteiger partial charge in [-0.1, -0.05) is 12.1 Å². The summed E-state index contributed by atoms with van der Waals surface area (Å²) in [5.74, 6) is 0.628. The van der Waals surface area contributed by atoms with E-state index < -0.39 is 5.82 Å². The second kappa shape index (κ2) is 10.3. The van der Waals surface area contributed by atoms with Crippen LogP contribution in [0.4, 0.5) is 16.0 Å². The maximum absolute atomic E-state index is 13.6. The molecule has 1 N–H and O–H groups in total. The van der Waals surface area contributed by atoms with Crippen molar-refractivity contribution >= 4 is 17.5 Å². The van der Waals surface area contributed by atoms with Crippen molar-refractivity contribution in [2.75, 3.05) is 18.4 Å². The molecule has 9 heteroatoms. The minimum atomic E-state index is -0.391. The monoisotopic (exact) mass is 470 g/mol. The highest BCUT2D eigenvalue weighted by molar-refractivity contribution is 5.95. The number of carbonyl (C=O) groups excluding carboxylic acids is 1. The van der Waals surface area contributed by atoms with Gasteiger partial charge in [0, 0.05) is 61.1 Å². The number of ether oxygens (including phenoxy) is 1. The van der Waals surface area contributed by atoms with Gasteiger partial charge in [-0.05, 0) is 49.2 Å². The molecule has 2 aromatic carbocycles. The average Bonchev–Trinajstić information content (AvgIpc) is 2.89. The predicted molar refractivity (Wildman–Crippen MR) is 128 cm³/mol. The van der Waals surface area contributed by atoms with Crippen LogP contribution < -0.4 is 10.1 Å². The average molecular weight is 471 g/mol. The fraction of sp³-hybridized carbons (Fsp3) is 0.192. The van der Waals surface area contributed by atoms with Crippen LogP contribution in [0.2, 0.25) is 0 Å². The van der Waals surface area contributed by atoms with Gasteiger partial charge in [-0.2, -0.15) is 0 Å². The summed E-state index contributed by atoms with van der Waals surface area (Å²) in [6, 6.07) is 14.9. The molecule has 1 amide bonds. The summed E-state index contributed by atoms with van der Waals surface area (Å²) in [5, 5.41) is 3.12. The Bertz CT molecular complexity index is 1320. The summed E-state index contributed by atoms with van der Waals surface area (Å²) in [6.45, 7) is 1.13. The number of hydrogen-bond donors (Lipinski definition) is 1. The lowest BCUT2D eigenvalue weighted by Crippen LogP contribution is -2.39. The summed E-state index contributed by atoms with van der Waals surface area (Å²) >= 11 is 0. The fourth-order valence-corrected chi connectivity index (χ4v) is 4.13. The van der Waals surface area contributed by atoms with Gasteiger partial charge in [0.15, 0.2) is 0 Å². The van der Waals surface area contributed by atoms with Crippen molar-refractivity contribution in [1.29, 1.82) is 0 Å². The van der Waals surface area contributed by atoms with Crippen LogP contribution in [0.25, 0.3) is 0 Å². The first-order chi connectivity index (χ1) is 17.2. The molecule has 1 saturated heterocycles. The van der Waals surface area contributed by atoms with Crippen LogP contribution in [0.3, 0.4) is 0 Å². The molecular formula is C26H23FN6O2. The number of halogens is 1. The highest BCUT2D eigenvalue weighted by Crippen LogP contribution is 2.33. The van der Waals surface area contributed by atoms with Crippen molar-refractivity contribution in [3.8, 4) is 11.6 Å². The molecule has 1 unspecified atom stereocenters. The minimum absolute atomic E-state index is 0.0519. The zero-order valence-electron chi connectivity index (χ0n) is 18.8. The standard InChI is InChI=1S/C26H23FN6O2/c27-20-7-2-9-22(16-20)35-24-23(28-12-13-29-24)19-6-3-14-33(17-19)25(34)18-5-1-8-21(15-18)32-26-30-10-4-11-31-26/h1-2,4-5,7-13,15-16,19H,3,6,14,17H2,(H,30,31,32). The van der Waals surface area contributed by atoms with Crippen molar-refractivity contribution in [2.24, 2.45) is 0 Å². The largest absolute Gasteiger partial charge is 0.437 e. The van der Waals surface area contributed by atoms with Crippen LogP contribution in [-0.4, -0.2) is 43.8 Å². The number of benzene rings is 2. The molecule has 1 aliphatic heterocycles. The summed E-state index contributed by atoms with van der Waals surface area (Å²) in [7, 11) is 0. The smallest absolute Gasteiger partial charge is 0.253 e. The van der Waals surface area contributed by atoms with Gasteiger partial charge in [0.05, 0.1) is 0 Å². The fourth-order valence-electron chi connectivity index (χ4n) is 4.13. The number of amides is 1. The van der Waals surface area contributed by atoms with E-state index in [1.807, 2.05) is 17.0 Å². The lowest BCUT2D eigenvalue weighted by atomic mass is 9.94. The predicted octanol–water partition coefficient (Wildman–Crippen LogP) is 4.96. The Kier molecular flexibility index (Phi) is 6.56. The van der Waals surface area contributed by atoms with Gasteiger partial charge in [0.25, 0.3) is 5.91 Å². The molecule has 0 spiro atoms. The first-order valence-electron chi connectivity index (χ1n) is 11.3. The topological polar surface area (TPSA) is 93.1 Å². The van der Waals surface area contributed by atoms with Gasteiger partial charge in [-0.15, -0.1) is 0 Å². The van der Waals surface area contributed by atoms with E-state index in [0.29, 0.717) is 41.9 Å².